The summed E-state index contributed by atoms with van der Waals surface area (Å²) in [5, 5.41) is 11.9. The van der Waals surface area contributed by atoms with Gasteiger partial charge in [0.25, 0.3) is 0 Å². The van der Waals surface area contributed by atoms with Crippen molar-refractivity contribution >= 4 is 11.7 Å². The van der Waals surface area contributed by atoms with Crippen LogP contribution in [0, 0.1) is 5.82 Å². The Balaban J connectivity index is 2.53. The third-order valence-corrected chi connectivity index (χ3v) is 2.94. The van der Waals surface area contributed by atoms with Crippen molar-refractivity contribution < 1.29 is 14.3 Å². The van der Waals surface area contributed by atoms with Crippen LogP contribution in [0.5, 0.6) is 0 Å². The van der Waals surface area contributed by atoms with Gasteiger partial charge in [0.15, 0.2) is 0 Å². The molecule has 3 nitrogen and oxygen atoms in total. The molecule has 0 aliphatic carbocycles. The summed E-state index contributed by atoms with van der Waals surface area (Å²) in [6, 6.07) is 3.60. The van der Waals surface area contributed by atoms with Gasteiger partial charge < -0.3 is 10.4 Å². The molecule has 1 aliphatic heterocycles. The predicted octanol–water partition coefficient (Wildman–Crippen LogP) is 1.98. The van der Waals surface area contributed by atoms with E-state index in [0.29, 0.717) is 5.69 Å². The summed E-state index contributed by atoms with van der Waals surface area (Å²) in [4.78, 5) is 11.0. The van der Waals surface area contributed by atoms with Crippen molar-refractivity contribution in [1.29, 1.82) is 0 Å². The van der Waals surface area contributed by atoms with Crippen molar-refractivity contribution in [1.82, 2.24) is 0 Å². The summed E-state index contributed by atoms with van der Waals surface area (Å²) >= 11 is 0. The molecule has 0 saturated carbocycles. The quantitative estimate of drug-likeness (QED) is 0.743. The van der Waals surface area contributed by atoms with E-state index in [1.165, 1.54) is 12.1 Å². The Hall–Kier alpha value is -1.58. The number of carboxylic acid groups (broad SMARTS) is 1. The van der Waals surface area contributed by atoms with E-state index in [1.807, 2.05) is 0 Å². The van der Waals surface area contributed by atoms with Gasteiger partial charge in [-0.25, -0.2) is 9.18 Å². The fourth-order valence-corrected chi connectivity index (χ4v) is 2.04. The highest BCUT2D eigenvalue weighted by atomic mass is 19.1. The summed E-state index contributed by atoms with van der Waals surface area (Å²) in [6.45, 7) is 3.59. The number of hydrogen-bond acceptors (Lipinski definition) is 2. The smallest absolute Gasteiger partial charge is 0.327 e. The third-order valence-electron chi connectivity index (χ3n) is 2.94. The van der Waals surface area contributed by atoms with Crippen LogP contribution in [0.4, 0.5) is 10.1 Å². The average Bonchev–Trinajstić information content (AvgIpc) is 2.39. The van der Waals surface area contributed by atoms with Crippen LogP contribution in [0.25, 0.3) is 0 Å². The summed E-state index contributed by atoms with van der Waals surface area (Å²) in [6.07, 6.45) is 0. The van der Waals surface area contributed by atoms with E-state index in [0.717, 1.165) is 5.56 Å². The summed E-state index contributed by atoms with van der Waals surface area (Å²) < 4.78 is 13.1. The first-order chi connectivity index (χ1) is 6.93. The second-order valence-corrected chi connectivity index (χ2v) is 4.33. The summed E-state index contributed by atoms with van der Waals surface area (Å²) in [5.41, 5.74) is 0.826. The molecule has 1 heterocycles. The molecule has 0 radical (unpaired) electrons. The molecule has 80 valence electrons. The number of rotatable bonds is 1. The van der Waals surface area contributed by atoms with Gasteiger partial charge in [0.05, 0.1) is 0 Å². The molecule has 0 aromatic heterocycles. The number of benzene rings is 1. The van der Waals surface area contributed by atoms with Crippen molar-refractivity contribution in [2.75, 3.05) is 5.32 Å². The van der Waals surface area contributed by atoms with E-state index < -0.39 is 17.4 Å². The van der Waals surface area contributed by atoms with Crippen molar-refractivity contribution in [2.24, 2.45) is 0 Å². The number of nitrogens with one attached hydrogen (secondary N) is 1. The maximum absolute atomic E-state index is 13.1. The van der Waals surface area contributed by atoms with E-state index >= 15 is 0 Å². The number of anilines is 1. The van der Waals surface area contributed by atoms with Crippen LogP contribution < -0.4 is 5.32 Å². The number of carboxylic acids is 1. The standard InChI is InChI=1S/C11H12FNO2/c1-11(2)7-5-6(12)3-4-8(7)13-9(11)10(14)15/h3-5,9,13H,1-2H3,(H,14,15). The normalized spacial score (nSPS) is 21.9. The Labute approximate surface area is 86.9 Å². The second-order valence-electron chi connectivity index (χ2n) is 4.33. The Morgan fingerprint density at radius 1 is 1.53 bits per heavy atom. The molecule has 1 aromatic rings. The zero-order valence-electron chi connectivity index (χ0n) is 8.54. The molecule has 4 heteroatoms. The monoisotopic (exact) mass is 209 g/mol. The molecule has 0 bridgehead atoms. The maximum atomic E-state index is 13.1. The molecular formula is C11H12FNO2. The molecule has 1 unspecified atom stereocenters. The number of hydrogen-bond donors (Lipinski definition) is 2. The van der Waals surface area contributed by atoms with Crippen LogP contribution >= 0.6 is 0 Å². The molecule has 2 rings (SSSR count). The Bertz CT molecular complexity index is 429. The van der Waals surface area contributed by atoms with Crippen molar-refractivity contribution in [3.63, 3.8) is 0 Å². The summed E-state index contributed by atoms with van der Waals surface area (Å²) in [5.74, 6) is -1.26. The topological polar surface area (TPSA) is 49.3 Å². The number of fused-ring (bicyclic) bond motifs is 1. The lowest BCUT2D eigenvalue weighted by atomic mass is 9.81. The van der Waals surface area contributed by atoms with Gasteiger partial charge in [-0.3, -0.25) is 0 Å². The van der Waals surface area contributed by atoms with Gasteiger partial charge in [0, 0.05) is 11.1 Å². The minimum absolute atomic E-state index is 0.338. The van der Waals surface area contributed by atoms with E-state index in [9.17, 15) is 9.18 Å². The highest BCUT2D eigenvalue weighted by Gasteiger charge is 2.43. The number of halogens is 1. The fourth-order valence-electron chi connectivity index (χ4n) is 2.04. The first kappa shape index (κ1) is 9.96. The molecular weight excluding hydrogens is 197 g/mol. The van der Waals surface area contributed by atoms with Crippen molar-refractivity contribution in [3.8, 4) is 0 Å². The fraction of sp³-hybridized carbons (Fsp3) is 0.364. The zero-order valence-corrected chi connectivity index (χ0v) is 8.54. The average molecular weight is 209 g/mol. The minimum Gasteiger partial charge on any atom is -0.480 e. The minimum atomic E-state index is -0.920. The summed E-state index contributed by atoms with van der Waals surface area (Å²) in [7, 11) is 0. The highest BCUT2D eigenvalue weighted by Crippen LogP contribution is 2.40. The molecule has 1 atom stereocenters. The Kier molecular flexibility index (Phi) is 1.96. The third kappa shape index (κ3) is 1.37. The lowest BCUT2D eigenvalue weighted by Crippen LogP contribution is -2.40. The molecule has 1 aliphatic rings. The lowest BCUT2D eigenvalue weighted by Gasteiger charge is -2.23. The zero-order chi connectivity index (χ0) is 11.2. The van der Waals surface area contributed by atoms with Gasteiger partial charge in [0.2, 0.25) is 0 Å². The first-order valence-corrected chi connectivity index (χ1v) is 4.72. The Morgan fingerprint density at radius 3 is 2.80 bits per heavy atom. The molecule has 2 N–H and O–H groups in total. The van der Waals surface area contributed by atoms with Crippen LogP contribution in [-0.4, -0.2) is 17.1 Å². The molecule has 15 heavy (non-hydrogen) atoms. The first-order valence-electron chi connectivity index (χ1n) is 4.72. The largest absolute Gasteiger partial charge is 0.480 e. The molecule has 0 fully saturated rings. The van der Waals surface area contributed by atoms with Crippen molar-refractivity contribution in [2.45, 2.75) is 25.3 Å². The van der Waals surface area contributed by atoms with Gasteiger partial charge in [0.1, 0.15) is 11.9 Å². The van der Waals surface area contributed by atoms with E-state index in [-0.39, 0.29) is 5.82 Å². The lowest BCUT2D eigenvalue weighted by molar-refractivity contribution is -0.139. The van der Waals surface area contributed by atoms with Gasteiger partial charge in [-0.1, -0.05) is 13.8 Å². The van der Waals surface area contributed by atoms with Crippen LogP contribution in [0.2, 0.25) is 0 Å². The molecule has 0 spiro atoms. The number of aliphatic carboxylic acids is 1. The van der Waals surface area contributed by atoms with E-state index in [1.54, 1.807) is 19.9 Å². The SMILES string of the molecule is CC1(C)c2cc(F)ccc2NC1C(=O)O. The van der Waals surface area contributed by atoms with Crippen LogP contribution in [-0.2, 0) is 10.2 Å². The molecule has 0 saturated heterocycles. The van der Waals surface area contributed by atoms with Gasteiger partial charge in [-0.2, -0.15) is 0 Å². The van der Waals surface area contributed by atoms with Gasteiger partial charge in [-0.15, -0.1) is 0 Å². The van der Waals surface area contributed by atoms with E-state index in [4.69, 9.17) is 5.11 Å². The molecule has 1 aromatic carbocycles. The second kappa shape index (κ2) is 2.95. The van der Waals surface area contributed by atoms with Crippen LogP contribution in [0.15, 0.2) is 18.2 Å². The van der Waals surface area contributed by atoms with Crippen LogP contribution in [0.3, 0.4) is 0 Å². The molecule has 0 amide bonds. The van der Waals surface area contributed by atoms with Crippen molar-refractivity contribution in [3.05, 3.63) is 29.6 Å². The van der Waals surface area contributed by atoms with Gasteiger partial charge >= 0.3 is 5.97 Å². The van der Waals surface area contributed by atoms with Crippen LogP contribution in [0.1, 0.15) is 19.4 Å². The number of carbonyl (C=O) groups is 1. The van der Waals surface area contributed by atoms with E-state index in [2.05, 4.69) is 5.32 Å². The predicted molar refractivity (Wildman–Crippen MR) is 54.5 cm³/mol. The maximum Gasteiger partial charge on any atom is 0.327 e. The van der Waals surface area contributed by atoms with Gasteiger partial charge in [-0.05, 0) is 23.8 Å². The highest BCUT2D eigenvalue weighted by molar-refractivity contribution is 5.84. The Morgan fingerprint density at radius 2 is 2.20 bits per heavy atom.